The third-order valence-corrected chi connectivity index (χ3v) is 4.93. The van der Waals surface area contributed by atoms with Gasteiger partial charge in [0.05, 0.1) is 25.8 Å². The molecule has 0 aliphatic carbocycles. The first kappa shape index (κ1) is 27.5. The molecule has 3 amide bonds. The normalized spacial score (nSPS) is 12.0. The maximum atomic E-state index is 12.7. The molecule has 1 rings (SSSR count). The Kier molecular flexibility index (Phi) is 12.5. The fourth-order valence-electron chi connectivity index (χ4n) is 2.63. The minimum atomic E-state index is -0.829. The monoisotopic (exact) mass is 473 g/mol. The average molecular weight is 474 g/mol. The molecule has 32 heavy (non-hydrogen) atoms. The van der Waals surface area contributed by atoms with Gasteiger partial charge in [0.2, 0.25) is 0 Å². The van der Waals surface area contributed by atoms with Crippen molar-refractivity contribution in [3.8, 4) is 0 Å². The molecule has 10 nitrogen and oxygen atoms in total. The highest BCUT2D eigenvalue weighted by Crippen LogP contribution is 2.13. The fraction of sp³-hybridized carbons (Fsp3) is 0.667. The molecule has 1 atom stereocenters. The molecule has 0 radical (unpaired) electrons. The summed E-state index contributed by atoms with van der Waals surface area (Å²) in [4.78, 5) is 38.1. The van der Waals surface area contributed by atoms with Gasteiger partial charge in [0, 0.05) is 18.5 Å². The summed E-state index contributed by atoms with van der Waals surface area (Å²) in [5.74, 6) is 0. The van der Waals surface area contributed by atoms with E-state index in [0.717, 1.165) is 4.88 Å². The van der Waals surface area contributed by atoms with E-state index in [0.29, 0.717) is 39.0 Å². The van der Waals surface area contributed by atoms with Crippen LogP contribution in [0.25, 0.3) is 0 Å². The highest BCUT2D eigenvalue weighted by Gasteiger charge is 2.22. The maximum Gasteiger partial charge on any atom is 0.410 e. The standard InChI is InChI=1S/C21H35N3O7S/c1-21(2,3)31-19(26)23-16(8-5-6-11-29-18(22)25)15-30-20(27)24(10-12-28-4)14-17-9-7-13-32-17/h7,9,13,16H,5-6,8,10-12,14-15H2,1-4H3,(H2,22,25)(H,23,26). The average Bonchev–Trinajstić information content (AvgIpc) is 3.20. The van der Waals surface area contributed by atoms with E-state index in [9.17, 15) is 14.4 Å². The highest BCUT2D eigenvalue weighted by atomic mass is 32.1. The van der Waals surface area contributed by atoms with E-state index in [1.807, 2.05) is 17.5 Å². The fourth-order valence-corrected chi connectivity index (χ4v) is 3.35. The zero-order valence-corrected chi connectivity index (χ0v) is 20.1. The number of nitrogens with one attached hydrogen (secondary N) is 1. The minimum absolute atomic E-state index is 0.0251. The number of ether oxygens (including phenoxy) is 4. The molecule has 1 unspecified atom stereocenters. The lowest BCUT2D eigenvalue weighted by molar-refractivity contribution is 0.0435. The van der Waals surface area contributed by atoms with Gasteiger partial charge < -0.3 is 34.9 Å². The number of methoxy groups -OCH3 is 1. The van der Waals surface area contributed by atoms with E-state index in [1.54, 1.807) is 44.1 Å². The Morgan fingerprint density at radius 2 is 1.94 bits per heavy atom. The molecule has 0 spiro atoms. The molecule has 0 aromatic carbocycles. The van der Waals surface area contributed by atoms with Gasteiger partial charge in [0.25, 0.3) is 0 Å². The quantitative estimate of drug-likeness (QED) is 0.331. The lowest BCUT2D eigenvalue weighted by Gasteiger charge is -2.25. The number of nitrogens with zero attached hydrogens (tertiary/aromatic N) is 1. The molecule has 3 N–H and O–H groups in total. The minimum Gasteiger partial charge on any atom is -0.450 e. The zero-order valence-electron chi connectivity index (χ0n) is 19.3. The second-order valence-corrected chi connectivity index (χ2v) is 9.11. The van der Waals surface area contributed by atoms with Crippen LogP contribution in [0.1, 0.15) is 44.9 Å². The van der Waals surface area contributed by atoms with Crippen LogP contribution in [0, 0.1) is 0 Å². The van der Waals surface area contributed by atoms with Crippen LogP contribution in [0.4, 0.5) is 14.4 Å². The van der Waals surface area contributed by atoms with Crippen molar-refractivity contribution in [2.45, 2.75) is 58.2 Å². The van der Waals surface area contributed by atoms with Gasteiger partial charge in [-0.15, -0.1) is 11.3 Å². The first-order valence-corrected chi connectivity index (χ1v) is 11.3. The van der Waals surface area contributed by atoms with Gasteiger partial charge in [-0.1, -0.05) is 6.07 Å². The van der Waals surface area contributed by atoms with Gasteiger partial charge >= 0.3 is 18.3 Å². The van der Waals surface area contributed by atoms with E-state index < -0.39 is 29.9 Å². The van der Waals surface area contributed by atoms with Crippen LogP contribution in [-0.2, 0) is 25.5 Å². The Bertz CT molecular complexity index is 692. The number of amides is 3. The summed E-state index contributed by atoms with van der Waals surface area (Å²) >= 11 is 1.55. The van der Waals surface area contributed by atoms with E-state index in [-0.39, 0.29) is 13.2 Å². The van der Waals surface area contributed by atoms with Crippen LogP contribution in [-0.4, -0.2) is 68.3 Å². The summed E-state index contributed by atoms with van der Waals surface area (Å²) in [6, 6.07) is 3.40. The van der Waals surface area contributed by atoms with Crippen LogP contribution < -0.4 is 11.1 Å². The summed E-state index contributed by atoms with van der Waals surface area (Å²) < 4.78 is 20.6. The number of hydrogen-bond acceptors (Lipinski definition) is 8. The topological polar surface area (TPSA) is 129 Å². The third kappa shape index (κ3) is 13.0. The van der Waals surface area contributed by atoms with Crippen molar-refractivity contribution in [2.24, 2.45) is 5.73 Å². The number of nitrogens with two attached hydrogens (primary N) is 1. The highest BCUT2D eigenvalue weighted by molar-refractivity contribution is 7.09. The van der Waals surface area contributed by atoms with Gasteiger partial charge in [-0.2, -0.15) is 0 Å². The number of carbonyl (C=O) groups is 3. The number of primary amides is 1. The number of thiophene rings is 1. The molecule has 0 aliphatic rings. The number of alkyl carbamates (subject to hydrolysis) is 1. The lowest BCUT2D eigenvalue weighted by atomic mass is 10.1. The predicted molar refractivity (Wildman–Crippen MR) is 120 cm³/mol. The van der Waals surface area contributed by atoms with Crippen LogP contribution in [0.2, 0.25) is 0 Å². The molecule has 0 bridgehead atoms. The Labute approximate surface area is 193 Å². The van der Waals surface area contributed by atoms with E-state index in [2.05, 4.69) is 5.32 Å². The smallest absolute Gasteiger partial charge is 0.410 e. The van der Waals surface area contributed by atoms with Crippen LogP contribution in [0.3, 0.4) is 0 Å². The maximum absolute atomic E-state index is 12.7. The second kappa shape index (κ2) is 14.5. The lowest BCUT2D eigenvalue weighted by Crippen LogP contribution is -2.43. The molecular formula is C21H35N3O7S. The van der Waals surface area contributed by atoms with Crippen molar-refractivity contribution >= 4 is 29.6 Å². The molecule has 182 valence electrons. The summed E-state index contributed by atoms with van der Waals surface area (Å²) in [5.41, 5.74) is 4.29. The predicted octanol–water partition coefficient (Wildman–Crippen LogP) is 3.49. The largest absolute Gasteiger partial charge is 0.450 e. The van der Waals surface area contributed by atoms with E-state index in [4.69, 9.17) is 24.7 Å². The Morgan fingerprint density at radius 3 is 2.53 bits per heavy atom. The molecule has 1 heterocycles. The molecule has 1 aromatic heterocycles. The van der Waals surface area contributed by atoms with Gasteiger partial charge in [-0.3, -0.25) is 0 Å². The van der Waals surface area contributed by atoms with Gasteiger partial charge in [-0.25, -0.2) is 14.4 Å². The van der Waals surface area contributed by atoms with Gasteiger partial charge in [0.15, 0.2) is 0 Å². The second-order valence-electron chi connectivity index (χ2n) is 8.08. The van der Waals surface area contributed by atoms with Gasteiger partial charge in [0.1, 0.15) is 12.2 Å². The summed E-state index contributed by atoms with van der Waals surface area (Å²) in [7, 11) is 1.57. The Morgan fingerprint density at radius 1 is 1.19 bits per heavy atom. The molecular weight excluding hydrogens is 438 g/mol. The Hall–Kier alpha value is -2.53. The number of rotatable bonds is 13. The molecule has 0 saturated heterocycles. The van der Waals surface area contributed by atoms with Crippen LogP contribution in [0.15, 0.2) is 17.5 Å². The molecule has 1 aromatic rings. The van der Waals surface area contributed by atoms with Crippen molar-refractivity contribution in [1.82, 2.24) is 10.2 Å². The number of unbranched alkanes of at least 4 members (excludes halogenated alkanes) is 1. The van der Waals surface area contributed by atoms with Crippen LogP contribution >= 0.6 is 11.3 Å². The SMILES string of the molecule is COCCN(Cc1cccs1)C(=O)OCC(CCCCOC(N)=O)NC(=O)OC(C)(C)C. The van der Waals surface area contributed by atoms with Crippen molar-refractivity contribution in [1.29, 1.82) is 0 Å². The molecule has 0 fully saturated rings. The van der Waals surface area contributed by atoms with Gasteiger partial charge in [-0.05, 0) is 51.5 Å². The summed E-state index contributed by atoms with van der Waals surface area (Å²) in [5, 5.41) is 4.69. The van der Waals surface area contributed by atoms with Crippen molar-refractivity contribution in [2.75, 3.05) is 33.5 Å². The van der Waals surface area contributed by atoms with E-state index >= 15 is 0 Å². The summed E-state index contributed by atoms with van der Waals surface area (Å²) in [6.45, 7) is 6.61. The first-order valence-electron chi connectivity index (χ1n) is 10.5. The number of carbonyl (C=O) groups excluding carboxylic acids is 3. The zero-order chi connectivity index (χ0) is 24.0. The molecule has 11 heteroatoms. The third-order valence-electron chi connectivity index (χ3n) is 4.07. The summed E-state index contributed by atoms with van der Waals surface area (Å²) in [6.07, 6.45) is -0.248. The molecule has 0 aliphatic heterocycles. The molecule has 0 saturated carbocycles. The number of hydrogen-bond donors (Lipinski definition) is 2. The van der Waals surface area contributed by atoms with Crippen LogP contribution in [0.5, 0.6) is 0 Å². The van der Waals surface area contributed by atoms with Crippen molar-refractivity contribution < 1.29 is 33.3 Å². The van der Waals surface area contributed by atoms with Crippen molar-refractivity contribution in [3.63, 3.8) is 0 Å². The van der Waals surface area contributed by atoms with E-state index in [1.165, 1.54) is 0 Å². The van der Waals surface area contributed by atoms with Crippen molar-refractivity contribution in [3.05, 3.63) is 22.4 Å². The first-order chi connectivity index (χ1) is 15.1. The Balaban J connectivity index is 2.65.